The summed E-state index contributed by atoms with van der Waals surface area (Å²) in [5, 5.41) is 0. The minimum atomic E-state index is -0.241. The van der Waals surface area contributed by atoms with Crippen LogP contribution < -0.4 is 10.6 Å². The van der Waals surface area contributed by atoms with Crippen molar-refractivity contribution in [2.24, 2.45) is 5.73 Å². The van der Waals surface area contributed by atoms with Gasteiger partial charge in [-0.15, -0.1) is 0 Å². The van der Waals surface area contributed by atoms with E-state index in [1.54, 1.807) is 0 Å². The van der Waals surface area contributed by atoms with Crippen LogP contribution in [0.5, 0.6) is 0 Å². The molecule has 1 aliphatic rings. The molecule has 0 saturated carbocycles. The maximum Gasteiger partial charge on any atom is 0.231 e. The van der Waals surface area contributed by atoms with Gasteiger partial charge in [-0.3, -0.25) is 9.69 Å². The Balaban J connectivity index is 2.01. The van der Waals surface area contributed by atoms with Crippen LogP contribution in [0.3, 0.4) is 0 Å². The molecular formula is C14H21N3O. The molecule has 0 unspecified atom stereocenters. The minimum absolute atomic E-state index is 0.241. The zero-order chi connectivity index (χ0) is 13.1. The number of hydrogen-bond acceptors (Lipinski definition) is 3. The van der Waals surface area contributed by atoms with Gasteiger partial charge >= 0.3 is 0 Å². The number of carbonyl (C=O) groups excluding carboxylic acids is 1. The van der Waals surface area contributed by atoms with E-state index in [1.807, 2.05) is 0 Å². The van der Waals surface area contributed by atoms with Crippen molar-refractivity contribution in [3.8, 4) is 0 Å². The lowest BCUT2D eigenvalue weighted by Gasteiger charge is -2.36. The van der Waals surface area contributed by atoms with Crippen LogP contribution in [0.15, 0.2) is 18.2 Å². The number of carbonyl (C=O) groups is 1. The molecule has 2 rings (SSSR count). The van der Waals surface area contributed by atoms with Gasteiger partial charge in [-0.05, 0) is 31.0 Å². The standard InChI is InChI=1S/C14H21N3O/c1-11-4-3-5-13(12(11)2)17-8-6-16(7-9-17)10-14(15)18/h3-5H,6-10H2,1-2H3,(H2,15,18). The van der Waals surface area contributed by atoms with Gasteiger partial charge in [0.1, 0.15) is 0 Å². The Morgan fingerprint density at radius 1 is 1.22 bits per heavy atom. The van der Waals surface area contributed by atoms with Crippen molar-refractivity contribution in [3.63, 3.8) is 0 Å². The second kappa shape index (κ2) is 5.40. The molecule has 18 heavy (non-hydrogen) atoms. The number of nitrogens with zero attached hydrogens (tertiary/aromatic N) is 2. The van der Waals surface area contributed by atoms with Crippen LogP contribution in [0.2, 0.25) is 0 Å². The summed E-state index contributed by atoms with van der Waals surface area (Å²) < 4.78 is 0. The van der Waals surface area contributed by atoms with Crippen LogP contribution in [-0.2, 0) is 4.79 Å². The first kappa shape index (κ1) is 12.9. The normalized spacial score (nSPS) is 16.9. The van der Waals surface area contributed by atoms with Crippen molar-refractivity contribution >= 4 is 11.6 Å². The molecule has 2 N–H and O–H groups in total. The highest BCUT2D eigenvalue weighted by Crippen LogP contribution is 2.23. The van der Waals surface area contributed by atoms with Gasteiger partial charge in [0, 0.05) is 31.9 Å². The monoisotopic (exact) mass is 247 g/mol. The number of piperazine rings is 1. The summed E-state index contributed by atoms with van der Waals surface area (Å²) in [7, 11) is 0. The van der Waals surface area contributed by atoms with Gasteiger partial charge in [0.05, 0.1) is 6.54 Å². The zero-order valence-electron chi connectivity index (χ0n) is 11.1. The molecule has 4 heteroatoms. The smallest absolute Gasteiger partial charge is 0.231 e. The molecule has 0 aliphatic carbocycles. The van der Waals surface area contributed by atoms with Gasteiger partial charge < -0.3 is 10.6 Å². The molecule has 0 spiro atoms. The molecule has 4 nitrogen and oxygen atoms in total. The first-order chi connectivity index (χ1) is 8.58. The summed E-state index contributed by atoms with van der Waals surface area (Å²) in [6.45, 7) is 8.39. The van der Waals surface area contributed by atoms with Gasteiger partial charge in [-0.1, -0.05) is 12.1 Å². The topological polar surface area (TPSA) is 49.6 Å². The van der Waals surface area contributed by atoms with E-state index >= 15 is 0 Å². The predicted molar refractivity (Wildman–Crippen MR) is 73.8 cm³/mol. The lowest BCUT2D eigenvalue weighted by Crippen LogP contribution is -2.49. The Morgan fingerprint density at radius 3 is 2.50 bits per heavy atom. The maximum atomic E-state index is 10.9. The van der Waals surface area contributed by atoms with Crippen LogP contribution in [0.1, 0.15) is 11.1 Å². The maximum absolute atomic E-state index is 10.9. The van der Waals surface area contributed by atoms with Crippen molar-refractivity contribution in [1.82, 2.24) is 4.90 Å². The third-order valence-electron chi connectivity index (χ3n) is 3.67. The summed E-state index contributed by atoms with van der Waals surface area (Å²) in [5.41, 5.74) is 9.21. The zero-order valence-corrected chi connectivity index (χ0v) is 11.1. The number of amides is 1. The van der Waals surface area contributed by atoms with E-state index in [4.69, 9.17) is 5.73 Å². The summed E-state index contributed by atoms with van der Waals surface area (Å²) in [5.74, 6) is -0.241. The van der Waals surface area contributed by atoms with E-state index in [9.17, 15) is 4.79 Å². The molecule has 98 valence electrons. The lowest BCUT2D eigenvalue weighted by molar-refractivity contribution is -0.119. The van der Waals surface area contributed by atoms with Gasteiger partial charge in [-0.2, -0.15) is 0 Å². The fourth-order valence-electron chi connectivity index (χ4n) is 2.45. The average Bonchev–Trinajstić information content (AvgIpc) is 2.33. The molecule has 1 saturated heterocycles. The van der Waals surface area contributed by atoms with Crippen molar-refractivity contribution in [2.75, 3.05) is 37.6 Å². The number of anilines is 1. The van der Waals surface area contributed by atoms with E-state index in [2.05, 4.69) is 41.8 Å². The fourth-order valence-corrected chi connectivity index (χ4v) is 2.45. The van der Waals surface area contributed by atoms with Gasteiger partial charge in [0.25, 0.3) is 0 Å². The second-order valence-electron chi connectivity index (χ2n) is 4.95. The quantitative estimate of drug-likeness (QED) is 0.864. The van der Waals surface area contributed by atoms with E-state index in [0.717, 1.165) is 26.2 Å². The molecule has 1 amide bonds. The number of aryl methyl sites for hydroxylation is 1. The van der Waals surface area contributed by atoms with Gasteiger partial charge in [-0.25, -0.2) is 0 Å². The highest BCUT2D eigenvalue weighted by molar-refractivity contribution is 5.76. The Morgan fingerprint density at radius 2 is 1.89 bits per heavy atom. The molecule has 0 atom stereocenters. The number of nitrogens with two attached hydrogens (primary N) is 1. The SMILES string of the molecule is Cc1cccc(N2CCN(CC(N)=O)CC2)c1C. The number of rotatable bonds is 3. The number of benzene rings is 1. The van der Waals surface area contributed by atoms with Crippen molar-refractivity contribution in [2.45, 2.75) is 13.8 Å². The summed E-state index contributed by atoms with van der Waals surface area (Å²) >= 11 is 0. The molecule has 1 aromatic carbocycles. The first-order valence-electron chi connectivity index (χ1n) is 6.40. The molecule has 1 aromatic rings. The number of primary amides is 1. The minimum Gasteiger partial charge on any atom is -0.369 e. The molecule has 0 bridgehead atoms. The van der Waals surface area contributed by atoms with Crippen LogP contribution in [0, 0.1) is 13.8 Å². The van der Waals surface area contributed by atoms with E-state index in [1.165, 1.54) is 16.8 Å². The summed E-state index contributed by atoms with van der Waals surface area (Å²) in [4.78, 5) is 15.4. The summed E-state index contributed by atoms with van der Waals surface area (Å²) in [6, 6.07) is 6.42. The van der Waals surface area contributed by atoms with Gasteiger partial charge in [0.2, 0.25) is 5.91 Å². The highest BCUT2D eigenvalue weighted by atomic mass is 16.1. The van der Waals surface area contributed by atoms with Gasteiger partial charge in [0.15, 0.2) is 0 Å². The molecule has 1 fully saturated rings. The van der Waals surface area contributed by atoms with Crippen LogP contribution in [-0.4, -0.2) is 43.5 Å². The summed E-state index contributed by atoms with van der Waals surface area (Å²) in [6.07, 6.45) is 0. The molecule has 0 radical (unpaired) electrons. The van der Waals surface area contributed by atoms with E-state index in [-0.39, 0.29) is 5.91 Å². The highest BCUT2D eigenvalue weighted by Gasteiger charge is 2.19. The molecule has 1 aliphatic heterocycles. The van der Waals surface area contributed by atoms with E-state index < -0.39 is 0 Å². The molecular weight excluding hydrogens is 226 g/mol. The molecule has 0 aromatic heterocycles. The largest absolute Gasteiger partial charge is 0.369 e. The predicted octanol–water partition coefficient (Wildman–Crippen LogP) is 0.911. The fraction of sp³-hybridized carbons (Fsp3) is 0.500. The van der Waals surface area contributed by atoms with Crippen molar-refractivity contribution < 1.29 is 4.79 Å². The van der Waals surface area contributed by atoms with Crippen molar-refractivity contribution in [1.29, 1.82) is 0 Å². The van der Waals surface area contributed by atoms with Crippen LogP contribution >= 0.6 is 0 Å². The average molecular weight is 247 g/mol. The third kappa shape index (κ3) is 2.82. The number of hydrogen-bond donors (Lipinski definition) is 1. The Labute approximate surface area is 108 Å². The Hall–Kier alpha value is -1.55. The Kier molecular flexibility index (Phi) is 3.87. The third-order valence-corrected chi connectivity index (χ3v) is 3.67. The lowest BCUT2D eigenvalue weighted by atomic mass is 10.1. The first-order valence-corrected chi connectivity index (χ1v) is 6.40. The van der Waals surface area contributed by atoms with Crippen LogP contribution in [0.25, 0.3) is 0 Å². The van der Waals surface area contributed by atoms with E-state index in [0.29, 0.717) is 6.54 Å². The molecule has 1 heterocycles. The van der Waals surface area contributed by atoms with Crippen molar-refractivity contribution in [3.05, 3.63) is 29.3 Å². The second-order valence-corrected chi connectivity index (χ2v) is 4.95. The Bertz CT molecular complexity index is 437. The van der Waals surface area contributed by atoms with Crippen LogP contribution in [0.4, 0.5) is 5.69 Å².